The third-order valence-electron chi connectivity index (χ3n) is 11.5. The molecular formula is C47H60N10O4. The molecule has 0 spiro atoms. The molecule has 5 rings (SSSR count). The SMILES string of the molecule is C[C@H](c1ccc2ccccc2c1)N(C(=O)[C@@H](N)Cc1ccc2ccccc2c1)[C@@](CCCCCCNC(=N)N)(CCCN(C(=N)N)C(=O)[C@@H](N)Cc1ccc(O)cc1)C(N)=O. The largest absolute Gasteiger partial charge is 0.508 e. The standard InChI is InChI=1S/C47H60N10O4/c1-31(36-20-19-35-12-5-7-14-38(35)30-36)57(43(60)41(49)29-33-15-18-34-11-4-6-13-37(34)27-33)47(44(50)61,23-8-2-3-9-25-55-45(51)52)24-10-26-56(46(53)54)42(59)40(48)28-32-16-21-39(58)22-17-32/h4-7,11-22,27,30-31,40-41,58H,2-3,8-10,23-26,28-29,48-49H2,1H3,(H2,50,61)(H3,53,54)(H4,51,52,55)/t31-,40+,41+,47+/m1/s1. The van der Waals surface area contributed by atoms with Gasteiger partial charge in [0.25, 0.3) is 0 Å². The summed E-state index contributed by atoms with van der Waals surface area (Å²) in [6.07, 6.45) is 3.40. The highest BCUT2D eigenvalue weighted by Crippen LogP contribution is 2.38. The van der Waals surface area contributed by atoms with Gasteiger partial charge >= 0.3 is 0 Å². The van der Waals surface area contributed by atoms with E-state index in [1.807, 2.05) is 91.9 Å². The van der Waals surface area contributed by atoms with Gasteiger partial charge in [0.1, 0.15) is 11.3 Å². The van der Waals surface area contributed by atoms with E-state index in [-0.39, 0.29) is 50.4 Å². The molecule has 0 aliphatic carbocycles. The van der Waals surface area contributed by atoms with Crippen LogP contribution in [0.5, 0.6) is 5.75 Å². The summed E-state index contributed by atoms with van der Waals surface area (Å²) in [5.74, 6) is -2.29. The van der Waals surface area contributed by atoms with Crippen molar-refractivity contribution in [1.29, 1.82) is 10.8 Å². The Labute approximate surface area is 357 Å². The summed E-state index contributed by atoms with van der Waals surface area (Å²) in [5, 5.41) is 32.3. The van der Waals surface area contributed by atoms with Gasteiger partial charge in [-0.05, 0) is 102 Å². The summed E-state index contributed by atoms with van der Waals surface area (Å²) in [4.78, 5) is 45.9. The molecule has 0 radical (unpaired) electrons. The normalized spacial score (nSPS) is 13.8. The molecule has 3 amide bonds. The van der Waals surface area contributed by atoms with Gasteiger partial charge in [-0.2, -0.15) is 0 Å². The third kappa shape index (κ3) is 11.8. The van der Waals surface area contributed by atoms with Crippen LogP contribution in [0.2, 0.25) is 0 Å². The Balaban J connectivity index is 1.50. The van der Waals surface area contributed by atoms with Gasteiger partial charge in [-0.25, -0.2) is 0 Å². The van der Waals surface area contributed by atoms with E-state index in [9.17, 15) is 14.7 Å². The first kappa shape index (κ1) is 45.6. The van der Waals surface area contributed by atoms with Crippen molar-refractivity contribution in [3.05, 3.63) is 126 Å². The van der Waals surface area contributed by atoms with Crippen LogP contribution in [0.25, 0.3) is 21.5 Å². The zero-order valence-corrected chi connectivity index (χ0v) is 34.9. The third-order valence-corrected chi connectivity index (χ3v) is 11.5. The molecule has 4 atom stereocenters. The quantitative estimate of drug-likeness (QED) is 0.0277. The molecule has 0 unspecified atom stereocenters. The Kier molecular flexibility index (Phi) is 15.8. The number of carbonyl (C=O) groups is 3. The lowest BCUT2D eigenvalue weighted by Crippen LogP contribution is -2.63. The second kappa shape index (κ2) is 21.1. The second-order valence-corrected chi connectivity index (χ2v) is 15.8. The highest BCUT2D eigenvalue weighted by Gasteiger charge is 2.48. The molecule has 61 heavy (non-hydrogen) atoms. The van der Waals surface area contributed by atoms with E-state index in [4.69, 9.17) is 39.5 Å². The van der Waals surface area contributed by atoms with Crippen molar-refractivity contribution in [1.82, 2.24) is 15.1 Å². The van der Waals surface area contributed by atoms with E-state index >= 15 is 4.79 Å². The van der Waals surface area contributed by atoms with Crippen LogP contribution >= 0.6 is 0 Å². The van der Waals surface area contributed by atoms with Crippen molar-refractivity contribution in [3.63, 3.8) is 0 Å². The number of phenolic OH excluding ortho intramolecular Hbond substituents is 1. The number of fused-ring (bicyclic) bond motifs is 2. The number of aromatic hydroxyl groups is 1. The van der Waals surface area contributed by atoms with Crippen LogP contribution < -0.4 is 34.0 Å². The van der Waals surface area contributed by atoms with Crippen LogP contribution in [0.3, 0.4) is 0 Å². The summed E-state index contributed by atoms with van der Waals surface area (Å²) < 4.78 is 0. The van der Waals surface area contributed by atoms with Gasteiger partial charge < -0.3 is 44.0 Å². The number of carbonyl (C=O) groups excluding carboxylic acids is 3. The van der Waals surface area contributed by atoms with Crippen molar-refractivity contribution in [2.45, 2.75) is 88.4 Å². The van der Waals surface area contributed by atoms with Crippen LogP contribution in [-0.2, 0) is 27.2 Å². The molecule has 0 aromatic heterocycles. The van der Waals surface area contributed by atoms with Gasteiger partial charge in [0.05, 0.1) is 18.1 Å². The molecule has 0 bridgehead atoms. The van der Waals surface area contributed by atoms with Crippen molar-refractivity contribution in [2.75, 3.05) is 13.1 Å². The number of nitrogens with zero attached hydrogens (tertiary/aromatic N) is 2. The monoisotopic (exact) mass is 828 g/mol. The van der Waals surface area contributed by atoms with Crippen molar-refractivity contribution in [2.24, 2.45) is 28.7 Å². The van der Waals surface area contributed by atoms with Crippen LogP contribution in [0.1, 0.15) is 74.6 Å². The first-order valence-corrected chi connectivity index (χ1v) is 20.8. The van der Waals surface area contributed by atoms with E-state index in [2.05, 4.69) is 5.32 Å². The van der Waals surface area contributed by atoms with E-state index in [1.165, 1.54) is 12.1 Å². The van der Waals surface area contributed by atoms with Gasteiger partial charge in [0.2, 0.25) is 17.7 Å². The lowest BCUT2D eigenvalue weighted by atomic mass is 9.81. The lowest BCUT2D eigenvalue weighted by molar-refractivity contribution is -0.152. The van der Waals surface area contributed by atoms with Crippen LogP contribution in [-0.4, -0.2) is 75.3 Å². The maximum Gasteiger partial charge on any atom is 0.246 e. The highest BCUT2D eigenvalue weighted by molar-refractivity contribution is 5.97. The fourth-order valence-electron chi connectivity index (χ4n) is 8.18. The number of hydrogen-bond donors (Lipinski definition) is 9. The summed E-state index contributed by atoms with van der Waals surface area (Å²) >= 11 is 0. The zero-order valence-electron chi connectivity index (χ0n) is 34.9. The minimum Gasteiger partial charge on any atom is -0.508 e. The summed E-state index contributed by atoms with van der Waals surface area (Å²) in [7, 11) is 0. The van der Waals surface area contributed by atoms with Crippen LogP contribution in [0, 0.1) is 10.8 Å². The summed E-state index contributed by atoms with van der Waals surface area (Å²) in [6.45, 7) is 2.33. The Morgan fingerprint density at radius 2 is 1.21 bits per heavy atom. The van der Waals surface area contributed by atoms with Gasteiger partial charge in [-0.1, -0.05) is 110 Å². The highest BCUT2D eigenvalue weighted by atomic mass is 16.3. The molecule has 0 aliphatic rings. The molecule has 0 saturated heterocycles. The molecular weight excluding hydrogens is 769 g/mol. The van der Waals surface area contributed by atoms with E-state index in [0.29, 0.717) is 24.9 Å². The second-order valence-electron chi connectivity index (χ2n) is 15.8. The molecule has 5 aromatic carbocycles. The number of nitrogens with two attached hydrogens (primary N) is 5. The minimum absolute atomic E-state index is 0.0326. The first-order chi connectivity index (χ1) is 29.2. The van der Waals surface area contributed by atoms with Gasteiger partial charge in [0.15, 0.2) is 11.9 Å². The molecule has 322 valence electrons. The van der Waals surface area contributed by atoms with Crippen LogP contribution in [0.4, 0.5) is 0 Å². The molecule has 14 nitrogen and oxygen atoms in total. The number of hydrogen-bond acceptors (Lipinski definition) is 8. The maximum absolute atomic E-state index is 15.2. The molecule has 5 aromatic rings. The number of rotatable bonds is 21. The van der Waals surface area contributed by atoms with Crippen molar-refractivity contribution in [3.8, 4) is 5.75 Å². The lowest BCUT2D eigenvalue weighted by Gasteiger charge is -2.47. The number of amides is 3. The average Bonchev–Trinajstić information content (AvgIpc) is 3.24. The molecule has 0 fully saturated rings. The van der Waals surface area contributed by atoms with E-state index in [1.54, 1.807) is 17.0 Å². The van der Waals surface area contributed by atoms with Crippen molar-refractivity contribution >= 4 is 51.2 Å². The van der Waals surface area contributed by atoms with Gasteiger partial charge in [-0.15, -0.1) is 0 Å². The first-order valence-electron chi connectivity index (χ1n) is 20.8. The van der Waals surface area contributed by atoms with E-state index in [0.717, 1.165) is 50.4 Å². The maximum atomic E-state index is 15.2. The number of phenols is 1. The molecule has 14 N–H and O–H groups in total. The Morgan fingerprint density at radius 3 is 1.84 bits per heavy atom. The van der Waals surface area contributed by atoms with Crippen molar-refractivity contribution < 1.29 is 19.5 Å². The molecule has 0 aliphatic heterocycles. The number of nitrogens with one attached hydrogen (secondary N) is 3. The number of guanidine groups is 2. The topological polar surface area (TPSA) is 268 Å². The molecule has 14 heteroatoms. The predicted molar refractivity (Wildman–Crippen MR) is 242 cm³/mol. The summed E-state index contributed by atoms with van der Waals surface area (Å²) in [6, 6.07) is 31.3. The predicted octanol–water partition coefficient (Wildman–Crippen LogP) is 4.89. The molecule has 0 saturated carbocycles. The Hall–Kier alpha value is -6.51. The smallest absolute Gasteiger partial charge is 0.246 e. The fourth-order valence-corrected chi connectivity index (χ4v) is 8.18. The van der Waals surface area contributed by atoms with Crippen LogP contribution in [0.15, 0.2) is 109 Å². The summed E-state index contributed by atoms with van der Waals surface area (Å²) in [5.41, 5.74) is 32.0. The number of benzene rings is 5. The number of unbranched alkanes of at least 4 members (excludes halogenated alkanes) is 3. The Morgan fingerprint density at radius 1 is 0.672 bits per heavy atom. The zero-order chi connectivity index (χ0) is 44.1. The average molecular weight is 829 g/mol. The minimum atomic E-state index is -1.58. The fraction of sp³-hybridized carbons (Fsp3) is 0.340. The Bertz CT molecular complexity index is 2320. The molecule has 0 heterocycles. The van der Waals surface area contributed by atoms with Gasteiger partial charge in [0, 0.05) is 13.1 Å². The van der Waals surface area contributed by atoms with E-state index < -0.39 is 47.3 Å². The van der Waals surface area contributed by atoms with Gasteiger partial charge in [-0.3, -0.25) is 30.1 Å². The number of primary amides is 1.